The molecule has 4 heteroatoms. The lowest BCUT2D eigenvalue weighted by Crippen LogP contribution is -1.99. The van der Waals surface area contributed by atoms with E-state index in [1.165, 1.54) is 0 Å². The Balaban J connectivity index is 3.25. The van der Waals surface area contributed by atoms with Gasteiger partial charge in [0, 0.05) is 12.1 Å². The summed E-state index contributed by atoms with van der Waals surface area (Å²) in [6, 6.07) is 3.51. The average Bonchev–Trinajstić information content (AvgIpc) is 2.50. The van der Waals surface area contributed by atoms with E-state index >= 15 is 0 Å². The quantitative estimate of drug-likeness (QED) is 0.643. The fraction of sp³-hybridized carbons (Fsp3) is 0.294. The van der Waals surface area contributed by atoms with Crippen molar-refractivity contribution >= 4 is 0 Å². The first-order chi connectivity index (χ1) is 10.3. The molecule has 1 aromatic carbocycles. The minimum Gasteiger partial charge on any atom is -0.487 e. The molecule has 0 heterocycles. The van der Waals surface area contributed by atoms with Gasteiger partial charge in [0.2, 0.25) is 5.75 Å². The number of hydrogen-bond donors (Lipinski definition) is 0. The highest BCUT2D eigenvalue weighted by molar-refractivity contribution is 5.56. The van der Waals surface area contributed by atoms with Crippen molar-refractivity contribution in [1.29, 1.82) is 0 Å². The second kappa shape index (κ2) is 9.53. The van der Waals surface area contributed by atoms with Gasteiger partial charge in [-0.25, -0.2) is 0 Å². The van der Waals surface area contributed by atoms with Gasteiger partial charge in [-0.1, -0.05) is 18.2 Å². The van der Waals surface area contributed by atoms with E-state index in [1.807, 2.05) is 27.7 Å². The highest BCUT2D eigenvalue weighted by Gasteiger charge is 2.15. The van der Waals surface area contributed by atoms with Crippen LogP contribution in [0.15, 0.2) is 49.1 Å². The normalized spacial score (nSPS) is 11.4. The van der Waals surface area contributed by atoms with Crippen LogP contribution in [0.2, 0.25) is 0 Å². The molecule has 0 atom stereocenters. The molecule has 0 fully saturated rings. The number of rotatable bonds is 8. The summed E-state index contributed by atoms with van der Waals surface area (Å²) in [5.41, 5.74) is 0. The van der Waals surface area contributed by atoms with Gasteiger partial charge in [-0.15, -0.1) is 0 Å². The Labute approximate surface area is 126 Å². The van der Waals surface area contributed by atoms with Crippen LogP contribution in [0.25, 0.3) is 0 Å². The fourth-order valence-electron chi connectivity index (χ4n) is 1.51. The molecule has 0 bridgehead atoms. The maximum Gasteiger partial charge on any atom is 0.205 e. The van der Waals surface area contributed by atoms with Gasteiger partial charge in [0.15, 0.2) is 11.5 Å². The van der Waals surface area contributed by atoms with Crippen molar-refractivity contribution < 1.29 is 18.9 Å². The van der Waals surface area contributed by atoms with Crippen LogP contribution < -0.4 is 18.9 Å². The van der Waals surface area contributed by atoms with Crippen molar-refractivity contribution in [3.63, 3.8) is 0 Å². The Morgan fingerprint density at radius 2 is 1.29 bits per heavy atom. The summed E-state index contributed by atoms with van der Waals surface area (Å²) < 4.78 is 22.2. The number of allylic oxidation sites excluding steroid dienone is 3. The molecule has 0 aliphatic carbocycles. The molecule has 0 aliphatic heterocycles. The second-order valence-corrected chi connectivity index (χ2v) is 3.94. The molecule has 0 saturated carbocycles. The van der Waals surface area contributed by atoms with Gasteiger partial charge < -0.3 is 18.9 Å². The molecule has 114 valence electrons. The summed E-state index contributed by atoms with van der Waals surface area (Å²) >= 11 is 0. The minimum atomic E-state index is 0.507. The van der Waals surface area contributed by atoms with E-state index in [0.717, 1.165) is 0 Å². The molecule has 0 amide bonds. The Morgan fingerprint density at radius 3 is 1.71 bits per heavy atom. The van der Waals surface area contributed by atoms with Crippen molar-refractivity contribution in [3.8, 4) is 23.0 Å². The highest BCUT2D eigenvalue weighted by atomic mass is 16.5. The molecule has 0 saturated heterocycles. The van der Waals surface area contributed by atoms with Crippen LogP contribution in [0.5, 0.6) is 23.0 Å². The Kier molecular flexibility index (Phi) is 7.58. The number of benzene rings is 1. The molecule has 1 rings (SSSR count). The first-order valence-corrected chi connectivity index (χ1v) is 6.91. The van der Waals surface area contributed by atoms with Crippen molar-refractivity contribution in [2.75, 3.05) is 6.61 Å². The molecule has 0 N–H and O–H groups in total. The third-order valence-corrected chi connectivity index (χ3v) is 2.29. The first kappa shape index (κ1) is 16.7. The largest absolute Gasteiger partial charge is 0.487 e. The lowest BCUT2D eigenvalue weighted by atomic mass is 10.2. The Hall–Kier alpha value is -2.36. The lowest BCUT2D eigenvalue weighted by Gasteiger charge is -2.15. The van der Waals surface area contributed by atoms with E-state index < -0.39 is 0 Å². The highest BCUT2D eigenvalue weighted by Crippen LogP contribution is 2.42. The number of ether oxygens (including phenoxy) is 4. The summed E-state index contributed by atoms with van der Waals surface area (Å²) in [5.74, 6) is 2.23. The third kappa shape index (κ3) is 5.26. The SMILES string of the molecule is CC=COc1cc(OC=CC)c(OCC)c(OC=CC)c1. The van der Waals surface area contributed by atoms with Crippen LogP contribution in [0.4, 0.5) is 0 Å². The molecular formula is C17H22O4. The van der Waals surface area contributed by atoms with Crippen molar-refractivity contribution in [3.05, 3.63) is 49.1 Å². The zero-order chi connectivity index (χ0) is 15.5. The monoisotopic (exact) mass is 290 g/mol. The van der Waals surface area contributed by atoms with Gasteiger partial charge in [0.1, 0.15) is 5.75 Å². The number of hydrogen-bond acceptors (Lipinski definition) is 4. The molecule has 0 aliphatic rings. The Bertz CT molecular complexity index is 481. The zero-order valence-corrected chi connectivity index (χ0v) is 13.0. The van der Waals surface area contributed by atoms with Crippen LogP contribution in [0.1, 0.15) is 27.7 Å². The molecule has 1 aromatic rings. The first-order valence-electron chi connectivity index (χ1n) is 6.91. The summed E-state index contributed by atoms with van der Waals surface area (Å²) in [7, 11) is 0. The van der Waals surface area contributed by atoms with E-state index in [4.69, 9.17) is 18.9 Å². The smallest absolute Gasteiger partial charge is 0.205 e. The lowest BCUT2D eigenvalue weighted by molar-refractivity contribution is 0.302. The molecule has 0 spiro atoms. The summed E-state index contributed by atoms with van der Waals surface area (Å²) in [5, 5.41) is 0. The van der Waals surface area contributed by atoms with Gasteiger partial charge in [-0.2, -0.15) is 0 Å². The molecular weight excluding hydrogens is 268 g/mol. The van der Waals surface area contributed by atoms with Gasteiger partial charge >= 0.3 is 0 Å². The maximum absolute atomic E-state index is 5.63. The fourth-order valence-corrected chi connectivity index (χ4v) is 1.51. The van der Waals surface area contributed by atoms with E-state index in [0.29, 0.717) is 29.6 Å². The van der Waals surface area contributed by atoms with Crippen LogP contribution in [0.3, 0.4) is 0 Å². The van der Waals surface area contributed by atoms with Gasteiger partial charge in [0.05, 0.1) is 25.4 Å². The van der Waals surface area contributed by atoms with Crippen LogP contribution in [-0.2, 0) is 0 Å². The van der Waals surface area contributed by atoms with Gasteiger partial charge in [-0.05, 0) is 27.7 Å². The van der Waals surface area contributed by atoms with E-state index in [-0.39, 0.29) is 0 Å². The van der Waals surface area contributed by atoms with E-state index in [2.05, 4.69) is 0 Å². The maximum atomic E-state index is 5.63. The van der Waals surface area contributed by atoms with Crippen molar-refractivity contribution in [2.24, 2.45) is 0 Å². The average molecular weight is 290 g/mol. The third-order valence-electron chi connectivity index (χ3n) is 2.29. The molecule has 0 radical (unpaired) electrons. The predicted octanol–water partition coefficient (Wildman–Crippen LogP) is 4.82. The van der Waals surface area contributed by atoms with Crippen molar-refractivity contribution in [1.82, 2.24) is 0 Å². The molecule has 0 unspecified atom stereocenters. The van der Waals surface area contributed by atoms with Crippen LogP contribution in [0, 0.1) is 0 Å². The van der Waals surface area contributed by atoms with Crippen molar-refractivity contribution in [2.45, 2.75) is 27.7 Å². The van der Waals surface area contributed by atoms with E-state index in [9.17, 15) is 0 Å². The summed E-state index contributed by atoms with van der Waals surface area (Å²) in [6.45, 7) is 8.04. The molecule has 0 aromatic heterocycles. The molecule has 21 heavy (non-hydrogen) atoms. The standard InChI is InChI=1S/C17H22O4/c1-5-9-19-14-12-15(20-10-6-2)17(18-8-4)16(13-14)21-11-7-3/h5-7,9-13H,8H2,1-4H3. The zero-order valence-electron chi connectivity index (χ0n) is 13.0. The second-order valence-electron chi connectivity index (χ2n) is 3.94. The summed E-state index contributed by atoms with van der Waals surface area (Å²) in [6.07, 6.45) is 10.1. The minimum absolute atomic E-state index is 0.507. The topological polar surface area (TPSA) is 36.9 Å². The van der Waals surface area contributed by atoms with E-state index in [1.54, 1.807) is 49.1 Å². The Morgan fingerprint density at radius 1 is 0.810 bits per heavy atom. The van der Waals surface area contributed by atoms with Gasteiger partial charge in [0.25, 0.3) is 0 Å². The predicted molar refractivity (Wildman–Crippen MR) is 83.9 cm³/mol. The molecule has 4 nitrogen and oxygen atoms in total. The van der Waals surface area contributed by atoms with Crippen LogP contribution in [-0.4, -0.2) is 6.61 Å². The van der Waals surface area contributed by atoms with Gasteiger partial charge in [-0.3, -0.25) is 0 Å². The summed E-state index contributed by atoms with van der Waals surface area (Å²) in [4.78, 5) is 0. The van der Waals surface area contributed by atoms with Crippen LogP contribution >= 0.6 is 0 Å².